The van der Waals surface area contributed by atoms with Crippen LogP contribution in [0.1, 0.15) is 45.6 Å². The number of carbonyl (C=O) groups excluding carboxylic acids is 1. The first kappa shape index (κ1) is 16.8. The number of carbonyl (C=O) groups is 1. The Bertz CT molecular complexity index is 494. The van der Waals surface area contributed by atoms with Crippen molar-refractivity contribution < 1.29 is 14.3 Å². The van der Waals surface area contributed by atoms with Crippen molar-refractivity contribution in [1.82, 2.24) is 4.90 Å². The Morgan fingerprint density at radius 1 is 1.32 bits per heavy atom. The molecule has 1 fully saturated rings. The predicted octanol–water partition coefficient (Wildman–Crippen LogP) is 3.22. The first-order valence-electron chi connectivity index (χ1n) is 8.02. The average Bonchev–Trinajstić information content (AvgIpc) is 2.46. The Hall–Kier alpha value is -1.55. The van der Waals surface area contributed by atoms with E-state index in [9.17, 15) is 4.79 Å². The van der Waals surface area contributed by atoms with E-state index >= 15 is 0 Å². The maximum atomic E-state index is 12.2. The third kappa shape index (κ3) is 4.73. The first-order valence-corrected chi connectivity index (χ1v) is 8.02. The quantitative estimate of drug-likeness (QED) is 0.838. The van der Waals surface area contributed by atoms with Crippen molar-refractivity contribution in [2.24, 2.45) is 0 Å². The van der Waals surface area contributed by atoms with Gasteiger partial charge in [0.1, 0.15) is 5.75 Å². The van der Waals surface area contributed by atoms with Gasteiger partial charge in [-0.25, -0.2) is 0 Å². The van der Waals surface area contributed by atoms with Crippen LogP contribution in [0, 0.1) is 0 Å². The lowest BCUT2D eigenvalue weighted by Gasteiger charge is -2.38. The van der Waals surface area contributed by atoms with Gasteiger partial charge in [-0.05, 0) is 37.5 Å². The Kier molecular flexibility index (Phi) is 5.46. The highest BCUT2D eigenvalue weighted by Gasteiger charge is 2.29. The second-order valence-corrected chi connectivity index (χ2v) is 6.75. The maximum Gasteiger partial charge on any atom is 0.226 e. The van der Waals surface area contributed by atoms with Crippen molar-refractivity contribution >= 4 is 5.91 Å². The molecule has 0 saturated carbocycles. The van der Waals surface area contributed by atoms with E-state index in [1.807, 2.05) is 30.9 Å². The van der Waals surface area contributed by atoms with Crippen molar-refractivity contribution in [3.05, 3.63) is 29.8 Å². The number of hydrogen-bond donors (Lipinski definition) is 0. The van der Waals surface area contributed by atoms with Crippen LogP contribution in [0.15, 0.2) is 24.3 Å². The molecule has 1 aliphatic rings. The van der Waals surface area contributed by atoms with Crippen molar-refractivity contribution in [2.45, 2.75) is 45.6 Å². The smallest absolute Gasteiger partial charge is 0.226 e. The number of nitrogens with zero attached hydrogens (tertiary/aromatic N) is 1. The summed E-state index contributed by atoms with van der Waals surface area (Å²) < 4.78 is 11.3. The largest absolute Gasteiger partial charge is 0.493 e. The molecule has 0 bridgehead atoms. The summed E-state index contributed by atoms with van der Waals surface area (Å²) in [5, 5.41) is 0. The molecule has 0 radical (unpaired) electrons. The molecule has 4 heteroatoms. The molecule has 1 aromatic carbocycles. The molecule has 0 atom stereocenters. The maximum absolute atomic E-state index is 12.2. The van der Waals surface area contributed by atoms with Gasteiger partial charge < -0.3 is 14.4 Å². The lowest BCUT2D eigenvalue weighted by Crippen LogP contribution is -2.50. The van der Waals surface area contributed by atoms with Crippen molar-refractivity contribution in [2.75, 3.05) is 26.3 Å². The topological polar surface area (TPSA) is 38.8 Å². The summed E-state index contributed by atoms with van der Waals surface area (Å²) in [5.74, 6) is 1.47. The Balaban J connectivity index is 1.77. The van der Waals surface area contributed by atoms with Gasteiger partial charge in [0, 0.05) is 13.1 Å². The van der Waals surface area contributed by atoms with E-state index in [0.29, 0.717) is 38.6 Å². The molecule has 1 saturated heterocycles. The van der Waals surface area contributed by atoms with Crippen LogP contribution in [-0.4, -0.2) is 42.7 Å². The van der Waals surface area contributed by atoms with Crippen LogP contribution in [0.2, 0.25) is 0 Å². The van der Waals surface area contributed by atoms with E-state index in [4.69, 9.17) is 9.47 Å². The molecule has 0 unspecified atom stereocenters. The van der Waals surface area contributed by atoms with E-state index in [-0.39, 0.29) is 11.5 Å². The van der Waals surface area contributed by atoms with Crippen LogP contribution < -0.4 is 4.74 Å². The molecule has 122 valence electrons. The van der Waals surface area contributed by atoms with E-state index in [0.717, 1.165) is 5.75 Å². The highest BCUT2D eigenvalue weighted by Crippen LogP contribution is 2.19. The average molecular weight is 305 g/mol. The summed E-state index contributed by atoms with van der Waals surface area (Å²) in [6.45, 7) is 10.7. The van der Waals surface area contributed by atoms with Gasteiger partial charge in [0.25, 0.3) is 0 Å². The van der Waals surface area contributed by atoms with E-state index < -0.39 is 0 Å². The lowest BCUT2D eigenvalue weighted by molar-refractivity contribution is -0.146. The van der Waals surface area contributed by atoms with Gasteiger partial charge in [-0.15, -0.1) is 0 Å². The van der Waals surface area contributed by atoms with Gasteiger partial charge in [0.2, 0.25) is 5.91 Å². The highest BCUT2D eigenvalue weighted by molar-refractivity contribution is 5.76. The number of rotatable bonds is 5. The van der Waals surface area contributed by atoms with Gasteiger partial charge >= 0.3 is 0 Å². The minimum Gasteiger partial charge on any atom is -0.493 e. The van der Waals surface area contributed by atoms with Gasteiger partial charge in [0.05, 0.1) is 25.2 Å². The molecule has 1 heterocycles. The third-order valence-electron chi connectivity index (χ3n) is 3.91. The molecule has 4 nitrogen and oxygen atoms in total. The fraction of sp³-hybridized carbons (Fsp3) is 0.611. The van der Waals surface area contributed by atoms with E-state index in [1.165, 1.54) is 5.56 Å². The van der Waals surface area contributed by atoms with Crippen LogP contribution in [0.5, 0.6) is 5.75 Å². The minimum atomic E-state index is -0.249. The molecule has 2 rings (SSSR count). The lowest BCUT2D eigenvalue weighted by atomic mass is 10.0. The summed E-state index contributed by atoms with van der Waals surface area (Å²) in [4.78, 5) is 14.1. The summed E-state index contributed by atoms with van der Waals surface area (Å²) in [5.41, 5.74) is 1.04. The Morgan fingerprint density at radius 3 is 2.59 bits per heavy atom. The Labute approximate surface area is 133 Å². The van der Waals surface area contributed by atoms with Crippen LogP contribution in [0.25, 0.3) is 0 Å². The molecule has 22 heavy (non-hydrogen) atoms. The monoisotopic (exact) mass is 305 g/mol. The third-order valence-corrected chi connectivity index (χ3v) is 3.91. The van der Waals surface area contributed by atoms with Gasteiger partial charge in [0.15, 0.2) is 0 Å². The highest BCUT2D eigenvalue weighted by atomic mass is 16.5. The van der Waals surface area contributed by atoms with E-state index in [2.05, 4.69) is 26.0 Å². The molecular weight excluding hydrogens is 278 g/mol. The van der Waals surface area contributed by atoms with Crippen LogP contribution in [0.3, 0.4) is 0 Å². The normalized spacial score (nSPS) is 17.6. The van der Waals surface area contributed by atoms with Crippen LogP contribution >= 0.6 is 0 Å². The molecule has 1 amide bonds. The zero-order chi connectivity index (χ0) is 16.2. The molecule has 0 spiro atoms. The predicted molar refractivity (Wildman–Crippen MR) is 87.3 cm³/mol. The van der Waals surface area contributed by atoms with Gasteiger partial charge in [-0.1, -0.05) is 26.0 Å². The molecule has 0 aromatic heterocycles. The van der Waals surface area contributed by atoms with Crippen molar-refractivity contribution in [3.63, 3.8) is 0 Å². The second kappa shape index (κ2) is 7.14. The standard InChI is InChI=1S/C18H27NO3/c1-14(2)15-5-7-16(8-6-15)21-11-9-17(20)19-10-12-22-18(3,4)13-19/h5-8,14H,9-13H2,1-4H3. The fourth-order valence-electron chi connectivity index (χ4n) is 2.59. The van der Waals surface area contributed by atoms with Crippen molar-refractivity contribution in [3.8, 4) is 5.75 Å². The summed E-state index contributed by atoms with van der Waals surface area (Å²) in [6, 6.07) is 8.09. The first-order chi connectivity index (χ1) is 10.4. The minimum absolute atomic E-state index is 0.134. The number of amides is 1. The number of ether oxygens (including phenoxy) is 2. The fourth-order valence-corrected chi connectivity index (χ4v) is 2.59. The zero-order valence-electron chi connectivity index (χ0n) is 14.1. The van der Waals surface area contributed by atoms with Crippen LogP contribution in [-0.2, 0) is 9.53 Å². The second-order valence-electron chi connectivity index (χ2n) is 6.75. The molecule has 0 N–H and O–H groups in total. The molecule has 0 aliphatic carbocycles. The summed E-state index contributed by atoms with van der Waals surface area (Å²) >= 11 is 0. The Morgan fingerprint density at radius 2 is 2.00 bits per heavy atom. The molecule has 1 aromatic rings. The number of morpholine rings is 1. The van der Waals surface area contributed by atoms with Gasteiger partial charge in [-0.3, -0.25) is 4.79 Å². The van der Waals surface area contributed by atoms with E-state index in [1.54, 1.807) is 0 Å². The number of hydrogen-bond acceptors (Lipinski definition) is 3. The van der Waals surface area contributed by atoms with Crippen LogP contribution in [0.4, 0.5) is 0 Å². The molecule has 1 aliphatic heterocycles. The molecular formula is C18H27NO3. The number of benzene rings is 1. The summed E-state index contributed by atoms with van der Waals surface area (Å²) in [7, 11) is 0. The summed E-state index contributed by atoms with van der Waals surface area (Å²) in [6.07, 6.45) is 0.405. The zero-order valence-corrected chi connectivity index (χ0v) is 14.1. The van der Waals surface area contributed by atoms with Crippen molar-refractivity contribution in [1.29, 1.82) is 0 Å². The van der Waals surface area contributed by atoms with Gasteiger partial charge in [-0.2, -0.15) is 0 Å². The SMILES string of the molecule is CC(C)c1ccc(OCCC(=O)N2CCOC(C)(C)C2)cc1.